The van der Waals surface area contributed by atoms with Crippen molar-refractivity contribution < 1.29 is 13.9 Å². The van der Waals surface area contributed by atoms with E-state index in [2.05, 4.69) is 15.6 Å². The normalized spacial score (nSPS) is 15.3. The number of aliphatic hydroxyl groups is 1. The summed E-state index contributed by atoms with van der Waals surface area (Å²) >= 11 is 0. The Labute approximate surface area is 176 Å². The van der Waals surface area contributed by atoms with Crippen molar-refractivity contribution in [1.82, 2.24) is 10.6 Å². The summed E-state index contributed by atoms with van der Waals surface area (Å²) in [6, 6.07) is 11.7. The molecule has 0 aromatic heterocycles. The van der Waals surface area contributed by atoms with Crippen LogP contribution in [-0.4, -0.2) is 43.3 Å². The van der Waals surface area contributed by atoms with Gasteiger partial charge in [-0.05, 0) is 61.6 Å². The minimum atomic E-state index is -0.280. The zero-order valence-electron chi connectivity index (χ0n) is 17.4. The van der Waals surface area contributed by atoms with E-state index in [-0.39, 0.29) is 17.7 Å². The molecular formula is C23H30F2N4O. The van der Waals surface area contributed by atoms with Crippen LogP contribution in [0.5, 0.6) is 0 Å². The lowest BCUT2D eigenvalue weighted by atomic mass is 10.1. The number of piperidine rings is 1. The molecule has 0 atom stereocenters. The van der Waals surface area contributed by atoms with Gasteiger partial charge in [-0.15, -0.1) is 0 Å². The van der Waals surface area contributed by atoms with Crippen molar-refractivity contribution in [2.24, 2.45) is 4.99 Å². The van der Waals surface area contributed by atoms with Gasteiger partial charge >= 0.3 is 0 Å². The number of nitrogens with one attached hydrogen (secondary N) is 2. The van der Waals surface area contributed by atoms with Crippen LogP contribution in [0.2, 0.25) is 0 Å². The lowest BCUT2D eigenvalue weighted by molar-refractivity contribution is 0.145. The molecule has 0 radical (unpaired) electrons. The summed E-state index contributed by atoms with van der Waals surface area (Å²) in [6.07, 6.45) is 1.80. The minimum Gasteiger partial charge on any atom is -0.393 e. The van der Waals surface area contributed by atoms with Gasteiger partial charge in [-0.25, -0.2) is 13.8 Å². The quantitative estimate of drug-likeness (QED) is 0.479. The van der Waals surface area contributed by atoms with E-state index in [1.807, 2.05) is 17.9 Å². The van der Waals surface area contributed by atoms with E-state index in [1.54, 1.807) is 18.2 Å². The van der Waals surface area contributed by atoms with Gasteiger partial charge in [-0.1, -0.05) is 18.2 Å². The average Bonchev–Trinajstić information content (AvgIpc) is 2.74. The summed E-state index contributed by atoms with van der Waals surface area (Å²) in [7, 11) is 0. The summed E-state index contributed by atoms with van der Waals surface area (Å²) in [4.78, 5) is 6.53. The molecule has 1 fully saturated rings. The molecular weight excluding hydrogens is 386 g/mol. The van der Waals surface area contributed by atoms with Gasteiger partial charge < -0.3 is 20.6 Å². The fourth-order valence-electron chi connectivity index (χ4n) is 3.50. The number of rotatable bonds is 7. The van der Waals surface area contributed by atoms with Crippen molar-refractivity contribution in [3.05, 3.63) is 65.2 Å². The fourth-order valence-corrected chi connectivity index (χ4v) is 3.50. The number of aliphatic hydroxyl groups excluding tert-OH is 1. The number of halogens is 2. The van der Waals surface area contributed by atoms with Gasteiger partial charge in [0.15, 0.2) is 5.96 Å². The number of benzene rings is 2. The first kappa shape index (κ1) is 22.0. The fraction of sp³-hybridized carbons (Fsp3) is 0.435. The second kappa shape index (κ2) is 10.9. The molecule has 1 heterocycles. The molecule has 1 aliphatic heterocycles. The van der Waals surface area contributed by atoms with Crippen molar-refractivity contribution >= 4 is 11.6 Å². The second-order valence-corrected chi connectivity index (χ2v) is 7.50. The minimum absolute atomic E-state index is 0.238. The maximum absolute atomic E-state index is 14.6. The summed E-state index contributed by atoms with van der Waals surface area (Å²) < 4.78 is 27.6. The maximum Gasteiger partial charge on any atom is 0.191 e. The molecule has 0 saturated carbocycles. The van der Waals surface area contributed by atoms with Crippen LogP contribution in [0.4, 0.5) is 14.5 Å². The third-order valence-corrected chi connectivity index (χ3v) is 5.20. The van der Waals surface area contributed by atoms with Crippen LogP contribution in [0.25, 0.3) is 0 Å². The number of hydrogen-bond acceptors (Lipinski definition) is 3. The molecule has 162 valence electrons. The van der Waals surface area contributed by atoms with Crippen molar-refractivity contribution in [2.75, 3.05) is 31.1 Å². The van der Waals surface area contributed by atoms with Crippen LogP contribution in [0.3, 0.4) is 0 Å². The van der Waals surface area contributed by atoms with Gasteiger partial charge in [0.1, 0.15) is 11.6 Å². The topological polar surface area (TPSA) is 59.9 Å². The standard InChI is InChI=1S/C23H30F2N4O/c1-2-26-23(27-12-9-17-3-6-19(24)7-4-17)28-16-18-5-8-22(21(25)15-18)29-13-10-20(30)11-14-29/h3-8,15,20,30H,2,9-14,16H2,1H3,(H2,26,27,28). The van der Waals surface area contributed by atoms with Crippen LogP contribution < -0.4 is 15.5 Å². The van der Waals surface area contributed by atoms with Gasteiger partial charge in [0, 0.05) is 26.2 Å². The maximum atomic E-state index is 14.6. The number of aliphatic imine (C=N–C) groups is 1. The Morgan fingerprint density at radius 1 is 1.07 bits per heavy atom. The first-order chi connectivity index (χ1) is 14.5. The van der Waals surface area contributed by atoms with E-state index in [4.69, 9.17) is 0 Å². The third kappa shape index (κ3) is 6.42. The molecule has 0 bridgehead atoms. The van der Waals surface area contributed by atoms with Crippen molar-refractivity contribution in [3.63, 3.8) is 0 Å². The van der Waals surface area contributed by atoms with Crippen LogP contribution >= 0.6 is 0 Å². The summed E-state index contributed by atoms with van der Waals surface area (Å²) in [5, 5.41) is 16.1. The smallest absolute Gasteiger partial charge is 0.191 e. The Kier molecular flexibility index (Phi) is 8.02. The van der Waals surface area contributed by atoms with Gasteiger partial charge in [0.25, 0.3) is 0 Å². The molecule has 1 saturated heterocycles. The van der Waals surface area contributed by atoms with Crippen molar-refractivity contribution in [2.45, 2.75) is 38.8 Å². The average molecular weight is 417 g/mol. The molecule has 3 N–H and O–H groups in total. The molecule has 5 nitrogen and oxygen atoms in total. The number of hydrogen-bond donors (Lipinski definition) is 3. The molecule has 0 spiro atoms. The van der Waals surface area contributed by atoms with Crippen LogP contribution in [0, 0.1) is 11.6 Å². The number of anilines is 1. The highest BCUT2D eigenvalue weighted by Crippen LogP contribution is 2.24. The van der Waals surface area contributed by atoms with Gasteiger partial charge in [-0.3, -0.25) is 0 Å². The van der Waals surface area contributed by atoms with E-state index in [9.17, 15) is 13.9 Å². The van der Waals surface area contributed by atoms with E-state index in [0.29, 0.717) is 50.7 Å². The Balaban J connectivity index is 1.55. The number of nitrogens with zero attached hydrogens (tertiary/aromatic N) is 2. The SMILES string of the molecule is CCNC(=NCc1ccc(N2CCC(O)CC2)c(F)c1)NCCc1ccc(F)cc1. The van der Waals surface area contributed by atoms with Crippen molar-refractivity contribution in [1.29, 1.82) is 0 Å². The van der Waals surface area contributed by atoms with Crippen molar-refractivity contribution in [3.8, 4) is 0 Å². The molecule has 0 amide bonds. The van der Waals surface area contributed by atoms with Gasteiger partial charge in [0.05, 0.1) is 18.3 Å². The van der Waals surface area contributed by atoms with Gasteiger partial charge in [0.2, 0.25) is 0 Å². The molecule has 2 aromatic carbocycles. The first-order valence-electron chi connectivity index (χ1n) is 10.5. The Bertz CT molecular complexity index is 834. The lowest BCUT2D eigenvalue weighted by Crippen LogP contribution is -2.38. The van der Waals surface area contributed by atoms with E-state index in [0.717, 1.165) is 24.1 Å². The molecule has 2 aromatic rings. The monoisotopic (exact) mass is 416 g/mol. The molecule has 3 rings (SSSR count). The summed E-state index contributed by atoms with van der Waals surface area (Å²) in [5.41, 5.74) is 2.42. The summed E-state index contributed by atoms with van der Waals surface area (Å²) in [6.45, 7) is 5.06. The zero-order chi connectivity index (χ0) is 21.3. The summed E-state index contributed by atoms with van der Waals surface area (Å²) in [5.74, 6) is 0.167. The zero-order valence-corrected chi connectivity index (χ0v) is 17.4. The largest absolute Gasteiger partial charge is 0.393 e. The lowest BCUT2D eigenvalue weighted by Gasteiger charge is -2.31. The Hall–Kier alpha value is -2.67. The highest BCUT2D eigenvalue weighted by Gasteiger charge is 2.19. The van der Waals surface area contributed by atoms with Crippen LogP contribution in [-0.2, 0) is 13.0 Å². The first-order valence-corrected chi connectivity index (χ1v) is 10.5. The Morgan fingerprint density at radius 2 is 1.77 bits per heavy atom. The van der Waals surface area contributed by atoms with E-state index >= 15 is 0 Å². The predicted octanol–water partition coefficient (Wildman–Crippen LogP) is 3.22. The highest BCUT2D eigenvalue weighted by atomic mass is 19.1. The van der Waals surface area contributed by atoms with Crippen LogP contribution in [0.15, 0.2) is 47.5 Å². The highest BCUT2D eigenvalue weighted by molar-refractivity contribution is 5.79. The molecule has 0 unspecified atom stereocenters. The van der Waals surface area contributed by atoms with E-state index < -0.39 is 0 Å². The second-order valence-electron chi connectivity index (χ2n) is 7.50. The van der Waals surface area contributed by atoms with Crippen LogP contribution in [0.1, 0.15) is 30.9 Å². The molecule has 7 heteroatoms. The number of guanidine groups is 1. The molecule has 1 aliphatic rings. The third-order valence-electron chi connectivity index (χ3n) is 5.20. The van der Waals surface area contributed by atoms with E-state index in [1.165, 1.54) is 18.2 Å². The Morgan fingerprint density at radius 3 is 2.43 bits per heavy atom. The van der Waals surface area contributed by atoms with Gasteiger partial charge in [-0.2, -0.15) is 0 Å². The molecule has 30 heavy (non-hydrogen) atoms. The molecule has 0 aliphatic carbocycles. The predicted molar refractivity (Wildman–Crippen MR) is 117 cm³/mol.